The van der Waals surface area contributed by atoms with Gasteiger partial charge in [0, 0.05) is 23.5 Å². The molecule has 0 N–H and O–H groups in total. The summed E-state index contributed by atoms with van der Waals surface area (Å²) >= 11 is 6.01. The standard InChI is InChI=1S/C16H16ClNO3/c1-3-20-14-6-5-11(9-15(14)21-4-2)16(19)12-7-8-18-10-13(12)17/h5-10H,3-4H2,1-2H3. The smallest absolute Gasteiger partial charge is 0.194 e. The third-order valence-electron chi connectivity index (χ3n) is 2.82. The van der Waals surface area contributed by atoms with Crippen LogP contribution in [-0.4, -0.2) is 24.0 Å². The van der Waals surface area contributed by atoms with Gasteiger partial charge in [0.2, 0.25) is 0 Å². The van der Waals surface area contributed by atoms with Crippen molar-refractivity contribution in [2.24, 2.45) is 0 Å². The predicted molar refractivity (Wildman–Crippen MR) is 81.5 cm³/mol. The molecule has 0 aliphatic carbocycles. The molecule has 0 saturated heterocycles. The monoisotopic (exact) mass is 305 g/mol. The number of ketones is 1. The molecule has 0 aliphatic rings. The van der Waals surface area contributed by atoms with Gasteiger partial charge in [-0.2, -0.15) is 0 Å². The lowest BCUT2D eigenvalue weighted by molar-refractivity contribution is 0.103. The van der Waals surface area contributed by atoms with Gasteiger partial charge in [0.15, 0.2) is 17.3 Å². The Morgan fingerprint density at radius 1 is 1.14 bits per heavy atom. The van der Waals surface area contributed by atoms with E-state index in [9.17, 15) is 4.79 Å². The molecule has 1 aromatic heterocycles. The second kappa shape index (κ2) is 7.09. The van der Waals surface area contributed by atoms with Gasteiger partial charge in [-0.1, -0.05) is 11.6 Å². The fourth-order valence-electron chi connectivity index (χ4n) is 1.91. The molecule has 0 fully saturated rings. The number of rotatable bonds is 6. The summed E-state index contributed by atoms with van der Waals surface area (Å²) in [6.07, 6.45) is 2.99. The Morgan fingerprint density at radius 3 is 2.52 bits per heavy atom. The summed E-state index contributed by atoms with van der Waals surface area (Å²) in [4.78, 5) is 16.4. The predicted octanol–water partition coefficient (Wildman–Crippen LogP) is 3.76. The van der Waals surface area contributed by atoms with Gasteiger partial charge in [0.05, 0.1) is 18.2 Å². The van der Waals surface area contributed by atoms with Crippen molar-refractivity contribution in [1.82, 2.24) is 4.98 Å². The Kier molecular flexibility index (Phi) is 5.17. The van der Waals surface area contributed by atoms with Gasteiger partial charge in [-0.3, -0.25) is 9.78 Å². The molecule has 0 spiro atoms. The topological polar surface area (TPSA) is 48.4 Å². The van der Waals surface area contributed by atoms with Crippen LogP contribution in [0.25, 0.3) is 0 Å². The van der Waals surface area contributed by atoms with Crippen LogP contribution in [0.3, 0.4) is 0 Å². The molecule has 0 unspecified atom stereocenters. The third kappa shape index (κ3) is 3.52. The number of hydrogen-bond donors (Lipinski definition) is 0. The van der Waals surface area contributed by atoms with Gasteiger partial charge in [-0.05, 0) is 38.1 Å². The zero-order chi connectivity index (χ0) is 15.2. The zero-order valence-corrected chi connectivity index (χ0v) is 12.7. The highest BCUT2D eigenvalue weighted by atomic mass is 35.5. The van der Waals surface area contributed by atoms with E-state index in [0.717, 1.165) is 0 Å². The Morgan fingerprint density at radius 2 is 1.86 bits per heavy atom. The quantitative estimate of drug-likeness (QED) is 0.762. The number of nitrogens with zero attached hydrogens (tertiary/aromatic N) is 1. The lowest BCUT2D eigenvalue weighted by Gasteiger charge is -2.12. The first kappa shape index (κ1) is 15.3. The van der Waals surface area contributed by atoms with E-state index in [0.29, 0.717) is 40.9 Å². The van der Waals surface area contributed by atoms with Gasteiger partial charge < -0.3 is 9.47 Å². The van der Waals surface area contributed by atoms with Crippen LogP contribution >= 0.6 is 11.6 Å². The minimum Gasteiger partial charge on any atom is -0.490 e. The maximum Gasteiger partial charge on any atom is 0.194 e. The van der Waals surface area contributed by atoms with Crippen molar-refractivity contribution in [3.63, 3.8) is 0 Å². The molecule has 110 valence electrons. The van der Waals surface area contributed by atoms with Crippen molar-refractivity contribution >= 4 is 17.4 Å². The fraction of sp³-hybridized carbons (Fsp3) is 0.250. The first-order valence-electron chi connectivity index (χ1n) is 6.71. The molecule has 0 atom stereocenters. The number of benzene rings is 1. The van der Waals surface area contributed by atoms with Crippen LogP contribution in [0.1, 0.15) is 29.8 Å². The molecule has 0 aliphatic heterocycles. The van der Waals surface area contributed by atoms with Gasteiger partial charge >= 0.3 is 0 Å². The lowest BCUT2D eigenvalue weighted by Crippen LogP contribution is -2.05. The maximum absolute atomic E-state index is 12.5. The van der Waals surface area contributed by atoms with E-state index in [2.05, 4.69) is 4.98 Å². The highest BCUT2D eigenvalue weighted by molar-refractivity contribution is 6.34. The number of carbonyl (C=O) groups is 1. The van der Waals surface area contributed by atoms with Crippen molar-refractivity contribution < 1.29 is 14.3 Å². The third-order valence-corrected chi connectivity index (χ3v) is 3.12. The zero-order valence-electron chi connectivity index (χ0n) is 11.9. The van der Waals surface area contributed by atoms with Crippen molar-refractivity contribution in [2.45, 2.75) is 13.8 Å². The minimum absolute atomic E-state index is 0.175. The largest absolute Gasteiger partial charge is 0.490 e. The molecule has 0 amide bonds. The van der Waals surface area contributed by atoms with E-state index in [1.807, 2.05) is 13.8 Å². The molecule has 5 heteroatoms. The molecular formula is C16H16ClNO3. The molecule has 0 radical (unpaired) electrons. The van der Waals surface area contributed by atoms with Crippen molar-refractivity contribution in [3.8, 4) is 11.5 Å². The van der Waals surface area contributed by atoms with Gasteiger partial charge in [-0.25, -0.2) is 0 Å². The van der Waals surface area contributed by atoms with Crippen LogP contribution in [0.4, 0.5) is 0 Å². The van der Waals surface area contributed by atoms with Crippen LogP contribution in [0.2, 0.25) is 5.02 Å². The first-order valence-corrected chi connectivity index (χ1v) is 7.09. The number of carbonyl (C=O) groups excluding carboxylic acids is 1. The number of halogens is 1. The molecule has 1 aromatic carbocycles. The van der Waals surface area contributed by atoms with Crippen LogP contribution < -0.4 is 9.47 Å². The Labute approximate surface area is 128 Å². The Hall–Kier alpha value is -2.07. The van der Waals surface area contributed by atoms with Crippen molar-refractivity contribution in [1.29, 1.82) is 0 Å². The molecule has 1 heterocycles. The summed E-state index contributed by atoms with van der Waals surface area (Å²) in [5.74, 6) is 0.999. The Balaban J connectivity index is 2.38. The number of ether oxygens (including phenoxy) is 2. The summed E-state index contributed by atoms with van der Waals surface area (Å²) < 4.78 is 11.0. The average Bonchev–Trinajstić information content (AvgIpc) is 2.49. The number of hydrogen-bond acceptors (Lipinski definition) is 4. The second-order valence-electron chi connectivity index (χ2n) is 4.21. The summed E-state index contributed by atoms with van der Waals surface area (Å²) in [6.45, 7) is 4.80. The second-order valence-corrected chi connectivity index (χ2v) is 4.62. The Bertz CT molecular complexity index is 643. The van der Waals surface area contributed by atoms with Gasteiger partial charge in [-0.15, -0.1) is 0 Å². The first-order chi connectivity index (χ1) is 10.2. The highest BCUT2D eigenvalue weighted by Crippen LogP contribution is 2.30. The number of aromatic nitrogens is 1. The molecule has 2 aromatic rings. The van der Waals surface area contributed by atoms with Crippen molar-refractivity contribution in [3.05, 3.63) is 52.8 Å². The molecular weight excluding hydrogens is 290 g/mol. The van der Waals surface area contributed by atoms with E-state index < -0.39 is 0 Å². The van der Waals surface area contributed by atoms with Gasteiger partial charge in [0.25, 0.3) is 0 Å². The maximum atomic E-state index is 12.5. The molecule has 4 nitrogen and oxygen atoms in total. The van der Waals surface area contributed by atoms with E-state index in [1.165, 1.54) is 12.4 Å². The van der Waals surface area contributed by atoms with E-state index in [-0.39, 0.29) is 5.78 Å². The van der Waals surface area contributed by atoms with E-state index in [4.69, 9.17) is 21.1 Å². The lowest BCUT2D eigenvalue weighted by atomic mass is 10.0. The minimum atomic E-state index is -0.175. The van der Waals surface area contributed by atoms with Crippen LogP contribution in [-0.2, 0) is 0 Å². The molecule has 0 saturated carbocycles. The summed E-state index contributed by atoms with van der Waals surface area (Å²) in [5, 5.41) is 0.328. The van der Waals surface area contributed by atoms with Crippen LogP contribution in [0.5, 0.6) is 11.5 Å². The van der Waals surface area contributed by atoms with Crippen molar-refractivity contribution in [2.75, 3.05) is 13.2 Å². The normalized spacial score (nSPS) is 10.2. The SMILES string of the molecule is CCOc1ccc(C(=O)c2ccncc2Cl)cc1OCC. The molecule has 0 bridgehead atoms. The van der Waals surface area contributed by atoms with E-state index >= 15 is 0 Å². The summed E-state index contributed by atoms with van der Waals surface area (Å²) in [7, 11) is 0. The number of pyridine rings is 1. The highest BCUT2D eigenvalue weighted by Gasteiger charge is 2.15. The summed E-state index contributed by atoms with van der Waals surface area (Å²) in [5.41, 5.74) is 0.910. The van der Waals surface area contributed by atoms with E-state index in [1.54, 1.807) is 24.3 Å². The van der Waals surface area contributed by atoms with Crippen LogP contribution in [0.15, 0.2) is 36.7 Å². The average molecular weight is 306 g/mol. The molecule has 21 heavy (non-hydrogen) atoms. The molecule has 2 rings (SSSR count). The fourth-order valence-corrected chi connectivity index (χ4v) is 2.11. The van der Waals surface area contributed by atoms with Gasteiger partial charge in [0.1, 0.15) is 0 Å². The van der Waals surface area contributed by atoms with Crippen LogP contribution in [0, 0.1) is 0 Å². The summed E-state index contributed by atoms with van der Waals surface area (Å²) in [6, 6.07) is 6.71.